The summed E-state index contributed by atoms with van der Waals surface area (Å²) >= 11 is 0. The Kier molecular flexibility index (Phi) is 3.15. The minimum atomic E-state index is -0.546. The number of anilines is 1. The smallest absolute Gasteiger partial charge is 0.196 e. The van der Waals surface area contributed by atoms with E-state index in [-0.39, 0.29) is 11.3 Å². The number of nitrogen functional groups attached to an aromatic ring is 1. The predicted octanol–water partition coefficient (Wildman–Crippen LogP) is 3.26. The summed E-state index contributed by atoms with van der Waals surface area (Å²) in [6, 6.07) is 9.57. The molecule has 0 amide bonds. The van der Waals surface area contributed by atoms with Crippen LogP contribution in [-0.2, 0) is 0 Å². The summed E-state index contributed by atoms with van der Waals surface area (Å²) in [6.45, 7) is 3.73. The van der Waals surface area contributed by atoms with Crippen molar-refractivity contribution in [3.63, 3.8) is 0 Å². The quantitative estimate of drug-likeness (QED) is 0.650. The number of rotatable bonds is 2. The third kappa shape index (κ3) is 2.25. The molecule has 3 heteroatoms. The van der Waals surface area contributed by atoms with Crippen molar-refractivity contribution >= 4 is 11.5 Å². The molecule has 2 nitrogen and oxygen atoms in total. The number of hydrogen-bond acceptors (Lipinski definition) is 2. The molecule has 2 aromatic carbocycles. The van der Waals surface area contributed by atoms with Crippen LogP contribution in [0.15, 0.2) is 36.4 Å². The van der Waals surface area contributed by atoms with Crippen molar-refractivity contribution < 1.29 is 9.18 Å². The van der Waals surface area contributed by atoms with Crippen molar-refractivity contribution in [2.75, 3.05) is 5.73 Å². The second-order valence-corrected chi connectivity index (χ2v) is 4.39. The first kappa shape index (κ1) is 12.3. The Morgan fingerprint density at radius 1 is 1.06 bits per heavy atom. The Hall–Kier alpha value is -2.16. The first-order valence-electron chi connectivity index (χ1n) is 5.66. The molecule has 0 aliphatic rings. The van der Waals surface area contributed by atoms with Gasteiger partial charge in [0.25, 0.3) is 0 Å². The number of aryl methyl sites for hydroxylation is 2. The molecular weight excluding hydrogens is 229 g/mol. The number of carbonyl (C=O) groups is 1. The standard InChI is InChI=1S/C15H14FNO/c1-9-3-4-10(2)12(7-9)15(18)13-8-11(17)5-6-14(13)16/h3-8H,17H2,1-2H3. The molecule has 0 bridgehead atoms. The van der Waals surface area contributed by atoms with Gasteiger partial charge in [-0.3, -0.25) is 4.79 Å². The molecule has 2 rings (SSSR count). The molecule has 0 heterocycles. The van der Waals surface area contributed by atoms with Gasteiger partial charge in [-0.25, -0.2) is 4.39 Å². The van der Waals surface area contributed by atoms with Crippen molar-refractivity contribution in [2.45, 2.75) is 13.8 Å². The largest absolute Gasteiger partial charge is 0.399 e. The summed E-state index contributed by atoms with van der Waals surface area (Å²) in [5, 5.41) is 0. The number of halogens is 1. The van der Waals surface area contributed by atoms with Gasteiger partial charge >= 0.3 is 0 Å². The van der Waals surface area contributed by atoms with Gasteiger partial charge in [-0.05, 0) is 43.7 Å². The molecular formula is C15H14FNO. The summed E-state index contributed by atoms with van der Waals surface area (Å²) < 4.78 is 13.7. The third-order valence-corrected chi connectivity index (χ3v) is 2.87. The van der Waals surface area contributed by atoms with Crippen molar-refractivity contribution in [2.24, 2.45) is 0 Å². The average molecular weight is 243 g/mol. The average Bonchev–Trinajstić information content (AvgIpc) is 2.34. The first-order valence-corrected chi connectivity index (χ1v) is 5.66. The molecule has 0 spiro atoms. The van der Waals surface area contributed by atoms with E-state index in [0.717, 1.165) is 11.1 Å². The maximum absolute atomic E-state index is 13.7. The van der Waals surface area contributed by atoms with E-state index < -0.39 is 5.82 Å². The van der Waals surface area contributed by atoms with Gasteiger partial charge < -0.3 is 5.73 Å². The van der Waals surface area contributed by atoms with Crippen LogP contribution in [0.5, 0.6) is 0 Å². The zero-order chi connectivity index (χ0) is 13.3. The van der Waals surface area contributed by atoms with Gasteiger partial charge in [0.1, 0.15) is 5.82 Å². The summed E-state index contributed by atoms with van der Waals surface area (Å²) in [6.07, 6.45) is 0. The van der Waals surface area contributed by atoms with E-state index in [0.29, 0.717) is 11.3 Å². The van der Waals surface area contributed by atoms with Crippen LogP contribution in [0.2, 0.25) is 0 Å². The van der Waals surface area contributed by atoms with E-state index in [2.05, 4.69) is 0 Å². The summed E-state index contributed by atoms with van der Waals surface area (Å²) in [4.78, 5) is 12.3. The van der Waals surface area contributed by atoms with Crippen molar-refractivity contribution in [1.29, 1.82) is 0 Å². The van der Waals surface area contributed by atoms with E-state index in [9.17, 15) is 9.18 Å². The Bertz CT molecular complexity index is 566. The Morgan fingerprint density at radius 2 is 1.78 bits per heavy atom. The normalized spacial score (nSPS) is 10.4. The van der Waals surface area contributed by atoms with Crippen molar-refractivity contribution in [3.8, 4) is 0 Å². The number of carbonyl (C=O) groups excluding carboxylic acids is 1. The molecule has 0 aromatic heterocycles. The summed E-state index contributed by atoms with van der Waals surface area (Å²) in [5.74, 6) is -0.879. The molecule has 2 N–H and O–H groups in total. The van der Waals surface area contributed by atoms with Gasteiger partial charge in [-0.15, -0.1) is 0 Å². The van der Waals surface area contributed by atoms with Crippen LogP contribution in [0.4, 0.5) is 10.1 Å². The van der Waals surface area contributed by atoms with Crippen LogP contribution in [0.1, 0.15) is 27.0 Å². The molecule has 2 aromatic rings. The Balaban J connectivity index is 2.54. The van der Waals surface area contributed by atoms with E-state index in [1.807, 2.05) is 26.0 Å². The molecule has 92 valence electrons. The zero-order valence-electron chi connectivity index (χ0n) is 10.3. The van der Waals surface area contributed by atoms with E-state index in [1.165, 1.54) is 18.2 Å². The van der Waals surface area contributed by atoms with Gasteiger partial charge in [0.05, 0.1) is 5.56 Å². The fraction of sp³-hybridized carbons (Fsp3) is 0.133. The van der Waals surface area contributed by atoms with Crippen molar-refractivity contribution in [3.05, 3.63) is 64.5 Å². The summed E-state index contributed by atoms with van der Waals surface area (Å²) in [7, 11) is 0. The maximum atomic E-state index is 13.7. The molecule has 0 fully saturated rings. The van der Waals surface area contributed by atoms with Crippen LogP contribution >= 0.6 is 0 Å². The minimum absolute atomic E-state index is 0.0173. The van der Waals surface area contributed by atoms with Gasteiger partial charge in [0.15, 0.2) is 5.78 Å². The number of benzene rings is 2. The summed E-state index contributed by atoms with van der Waals surface area (Å²) in [5.41, 5.74) is 8.30. The Morgan fingerprint density at radius 3 is 2.50 bits per heavy atom. The molecule has 18 heavy (non-hydrogen) atoms. The Labute approximate surface area is 105 Å². The molecule has 0 atom stereocenters. The fourth-order valence-corrected chi connectivity index (χ4v) is 1.84. The van der Waals surface area contributed by atoms with Gasteiger partial charge in [-0.1, -0.05) is 17.7 Å². The van der Waals surface area contributed by atoms with Crippen LogP contribution in [-0.4, -0.2) is 5.78 Å². The number of hydrogen-bond donors (Lipinski definition) is 1. The van der Waals surface area contributed by atoms with Gasteiger partial charge in [-0.2, -0.15) is 0 Å². The van der Waals surface area contributed by atoms with E-state index in [1.54, 1.807) is 6.07 Å². The SMILES string of the molecule is Cc1ccc(C)c(C(=O)c2cc(N)ccc2F)c1. The van der Waals surface area contributed by atoms with Gasteiger partial charge in [0.2, 0.25) is 0 Å². The first-order chi connectivity index (χ1) is 8.49. The highest BCUT2D eigenvalue weighted by atomic mass is 19.1. The highest BCUT2D eigenvalue weighted by Crippen LogP contribution is 2.19. The maximum Gasteiger partial charge on any atom is 0.196 e. The van der Waals surface area contributed by atoms with Crippen LogP contribution < -0.4 is 5.73 Å². The molecule has 0 aliphatic carbocycles. The van der Waals surface area contributed by atoms with Crippen LogP contribution in [0, 0.1) is 19.7 Å². The molecule has 0 saturated carbocycles. The van der Waals surface area contributed by atoms with Crippen molar-refractivity contribution in [1.82, 2.24) is 0 Å². The lowest BCUT2D eigenvalue weighted by molar-refractivity contribution is 0.103. The second-order valence-electron chi connectivity index (χ2n) is 4.39. The van der Waals surface area contributed by atoms with Gasteiger partial charge in [0, 0.05) is 11.3 Å². The number of nitrogens with two attached hydrogens (primary N) is 1. The van der Waals surface area contributed by atoms with E-state index >= 15 is 0 Å². The predicted molar refractivity (Wildman–Crippen MR) is 70.2 cm³/mol. The third-order valence-electron chi connectivity index (χ3n) is 2.87. The lowest BCUT2D eigenvalue weighted by Crippen LogP contribution is -2.07. The van der Waals surface area contributed by atoms with E-state index in [4.69, 9.17) is 5.73 Å². The monoisotopic (exact) mass is 243 g/mol. The fourth-order valence-electron chi connectivity index (χ4n) is 1.84. The number of ketones is 1. The minimum Gasteiger partial charge on any atom is -0.399 e. The highest BCUT2D eigenvalue weighted by molar-refractivity contribution is 6.10. The van der Waals surface area contributed by atoms with Crippen LogP contribution in [0.3, 0.4) is 0 Å². The topological polar surface area (TPSA) is 43.1 Å². The van der Waals surface area contributed by atoms with Crippen LogP contribution in [0.25, 0.3) is 0 Å². The molecule has 0 saturated heterocycles. The highest BCUT2D eigenvalue weighted by Gasteiger charge is 2.16. The lowest BCUT2D eigenvalue weighted by Gasteiger charge is -2.08. The zero-order valence-corrected chi connectivity index (χ0v) is 10.3. The lowest BCUT2D eigenvalue weighted by atomic mass is 9.97. The molecule has 0 radical (unpaired) electrons. The molecule has 0 aliphatic heterocycles. The second kappa shape index (κ2) is 4.61. The molecule has 0 unspecified atom stereocenters.